The van der Waals surface area contributed by atoms with E-state index in [2.05, 4.69) is 79.4 Å². The Morgan fingerprint density at radius 2 is 1.04 bits per heavy atom. The molecular weight excluding hydrogens is 280 g/mol. The minimum Gasteiger partial charge on any atom is -0.303 e. The van der Waals surface area contributed by atoms with Gasteiger partial charge in [0.25, 0.3) is 0 Å². The molecule has 1 heterocycles. The third kappa shape index (κ3) is 3.49. The number of nitrogens with zero attached hydrogens (tertiary/aromatic N) is 2. The summed E-state index contributed by atoms with van der Waals surface area (Å²) in [6, 6.07) is 22.0. The summed E-state index contributed by atoms with van der Waals surface area (Å²) in [5.74, 6) is 0. The largest absolute Gasteiger partial charge is 0.303 e. The van der Waals surface area contributed by atoms with Gasteiger partial charge in [-0.05, 0) is 61.0 Å². The SMILES string of the molecule is CC(c1ccc(-c2ccc(-c3ccncc3)cc2)cc1)N(C)C. The molecule has 2 aromatic carbocycles. The molecule has 0 saturated heterocycles. The Morgan fingerprint density at radius 3 is 1.48 bits per heavy atom. The fourth-order valence-corrected chi connectivity index (χ4v) is 2.65. The molecule has 0 N–H and O–H groups in total. The quantitative estimate of drug-likeness (QED) is 0.671. The van der Waals surface area contributed by atoms with Gasteiger partial charge in [0.15, 0.2) is 0 Å². The second-order valence-corrected chi connectivity index (χ2v) is 6.07. The van der Waals surface area contributed by atoms with Crippen molar-refractivity contribution in [3.05, 3.63) is 78.6 Å². The summed E-state index contributed by atoms with van der Waals surface area (Å²) < 4.78 is 0. The Kier molecular flexibility index (Phi) is 4.54. The summed E-state index contributed by atoms with van der Waals surface area (Å²) in [6.07, 6.45) is 3.65. The van der Waals surface area contributed by atoms with Gasteiger partial charge in [-0.3, -0.25) is 4.98 Å². The lowest BCUT2D eigenvalue weighted by molar-refractivity contribution is 0.321. The monoisotopic (exact) mass is 302 g/mol. The molecule has 0 aliphatic heterocycles. The van der Waals surface area contributed by atoms with Crippen molar-refractivity contribution >= 4 is 0 Å². The van der Waals surface area contributed by atoms with E-state index in [4.69, 9.17) is 0 Å². The molecule has 116 valence electrons. The molecule has 2 nitrogen and oxygen atoms in total. The Hall–Kier alpha value is -2.45. The molecule has 0 saturated carbocycles. The first-order chi connectivity index (χ1) is 11.1. The lowest BCUT2D eigenvalue weighted by atomic mass is 9.99. The van der Waals surface area contributed by atoms with Crippen molar-refractivity contribution in [1.29, 1.82) is 0 Å². The van der Waals surface area contributed by atoms with E-state index in [0.717, 1.165) is 0 Å². The Labute approximate surface area is 138 Å². The number of benzene rings is 2. The van der Waals surface area contributed by atoms with Crippen molar-refractivity contribution in [3.63, 3.8) is 0 Å². The van der Waals surface area contributed by atoms with E-state index in [-0.39, 0.29) is 0 Å². The minimum atomic E-state index is 0.429. The van der Waals surface area contributed by atoms with Crippen LogP contribution in [0.25, 0.3) is 22.3 Å². The molecule has 0 bridgehead atoms. The van der Waals surface area contributed by atoms with Crippen molar-refractivity contribution < 1.29 is 0 Å². The average Bonchev–Trinajstić information content (AvgIpc) is 2.62. The highest BCUT2D eigenvalue weighted by Crippen LogP contribution is 2.26. The zero-order chi connectivity index (χ0) is 16.2. The fourth-order valence-electron chi connectivity index (χ4n) is 2.65. The van der Waals surface area contributed by atoms with E-state index in [1.165, 1.54) is 27.8 Å². The molecule has 1 unspecified atom stereocenters. The van der Waals surface area contributed by atoms with Crippen LogP contribution >= 0.6 is 0 Å². The normalized spacial score (nSPS) is 12.3. The van der Waals surface area contributed by atoms with Crippen molar-refractivity contribution in [2.75, 3.05) is 14.1 Å². The van der Waals surface area contributed by atoms with Crippen molar-refractivity contribution in [3.8, 4) is 22.3 Å². The molecule has 3 aromatic rings. The van der Waals surface area contributed by atoms with Gasteiger partial charge in [-0.2, -0.15) is 0 Å². The number of hydrogen-bond donors (Lipinski definition) is 0. The highest BCUT2D eigenvalue weighted by atomic mass is 15.1. The Morgan fingerprint density at radius 1 is 0.652 bits per heavy atom. The number of rotatable bonds is 4. The fraction of sp³-hybridized carbons (Fsp3) is 0.190. The molecule has 0 fully saturated rings. The first-order valence-corrected chi connectivity index (χ1v) is 7.92. The number of pyridine rings is 1. The van der Waals surface area contributed by atoms with Gasteiger partial charge in [-0.1, -0.05) is 48.5 Å². The van der Waals surface area contributed by atoms with Gasteiger partial charge in [0.2, 0.25) is 0 Å². The molecule has 23 heavy (non-hydrogen) atoms. The second-order valence-electron chi connectivity index (χ2n) is 6.07. The topological polar surface area (TPSA) is 16.1 Å². The van der Waals surface area contributed by atoms with E-state index >= 15 is 0 Å². The molecule has 0 spiro atoms. The maximum absolute atomic E-state index is 4.07. The molecule has 0 amide bonds. The van der Waals surface area contributed by atoms with E-state index < -0.39 is 0 Å². The molecule has 2 heteroatoms. The highest BCUT2D eigenvalue weighted by Gasteiger charge is 2.07. The smallest absolute Gasteiger partial charge is 0.0313 e. The summed E-state index contributed by atoms with van der Waals surface area (Å²) in [6.45, 7) is 2.22. The summed E-state index contributed by atoms with van der Waals surface area (Å²) >= 11 is 0. The van der Waals surface area contributed by atoms with E-state index in [9.17, 15) is 0 Å². The molecule has 0 radical (unpaired) electrons. The van der Waals surface area contributed by atoms with E-state index in [1.807, 2.05) is 24.5 Å². The van der Waals surface area contributed by atoms with Crippen LogP contribution in [0.15, 0.2) is 73.1 Å². The predicted octanol–water partition coefficient (Wildman–Crippen LogP) is 5.04. The third-order valence-corrected chi connectivity index (χ3v) is 4.40. The van der Waals surface area contributed by atoms with Crippen LogP contribution in [0.1, 0.15) is 18.5 Å². The molecule has 3 rings (SSSR count). The van der Waals surface area contributed by atoms with Gasteiger partial charge in [-0.25, -0.2) is 0 Å². The van der Waals surface area contributed by atoms with Crippen LogP contribution in [0.3, 0.4) is 0 Å². The van der Waals surface area contributed by atoms with Crippen LogP contribution in [-0.2, 0) is 0 Å². The Balaban J connectivity index is 1.82. The van der Waals surface area contributed by atoms with Crippen LogP contribution in [0, 0.1) is 0 Å². The van der Waals surface area contributed by atoms with Gasteiger partial charge in [0.05, 0.1) is 0 Å². The summed E-state index contributed by atoms with van der Waals surface area (Å²) in [4.78, 5) is 6.29. The Bertz CT molecular complexity index is 744. The first kappa shape index (κ1) is 15.4. The molecule has 1 aromatic heterocycles. The summed E-state index contributed by atoms with van der Waals surface area (Å²) in [5.41, 5.74) is 6.25. The lowest BCUT2D eigenvalue weighted by Gasteiger charge is -2.20. The average molecular weight is 302 g/mol. The van der Waals surface area contributed by atoms with Gasteiger partial charge in [0, 0.05) is 18.4 Å². The maximum Gasteiger partial charge on any atom is 0.0313 e. The van der Waals surface area contributed by atoms with Crippen LogP contribution in [0.5, 0.6) is 0 Å². The number of aromatic nitrogens is 1. The van der Waals surface area contributed by atoms with Crippen molar-refractivity contribution in [1.82, 2.24) is 9.88 Å². The first-order valence-electron chi connectivity index (χ1n) is 7.92. The van der Waals surface area contributed by atoms with Gasteiger partial charge >= 0.3 is 0 Å². The zero-order valence-electron chi connectivity index (χ0n) is 13.9. The van der Waals surface area contributed by atoms with Crippen molar-refractivity contribution in [2.24, 2.45) is 0 Å². The van der Waals surface area contributed by atoms with Crippen LogP contribution < -0.4 is 0 Å². The van der Waals surface area contributed by atoms with Gasteiger partial charge in [0.1, 0.15) is 0 Å². The third-order valence-electron chi connectivity index (χ3n) is 4.40. The highest BCUT2D eigenvalue weighted by molar-refractivity contribution is 5.70. The van der Waals surface area contributed by atoms with Gasteiger partial charge < -0.3 is 4.90 Å². The van der Waals surface area contributed by atoms with Crippen LogP contribution in [0.2, 0.25) is 0 Å². The molecular formula is C21H22N2. The maximum atomic E-state index is 4.07. The van der Waals surface area contributed by atoms with E-state index in [0.29, 0.717) is 6.04 Å². The number of hydrogen-bond acceptors (Lipinski definition) is 2. The summed E-state index contributed by atoms with van der Waals surface area (Å²) in [7, 11) is 4.22. The standard InChI is InChI=1S/C21H22N2/c1-16(23(2)3)17-4-6-18(7-5-17)19-8-10-20(11-9-19)21-12-14-22-15-13-21/h4-16H,1-3H3. The molecule has 0 aliphatic carbocycles. The summed E-state index contributed by atoms with van der Waals surface area (Å²) in [5, 5.41) is 0. The lowest BCUT2D eigenvalue weighted by Crippen LogP contribution is -2.16. The van der Waals surface area contributed by atoms with Crippen LogP contribution in [-0.4, -0.2) is 24.0 Å². The minimum absolute atomic E-state index is 0.429. The molecule has 0 aliphatic rings. The predicted molar refractivity (Wildman–Crippen MR) is 97.2 cm³/mol. The zero-order valence-corrected chi connectivity index (χ0v) is 13.9. The van der Waals surface area contributed by atoms with Crippen LogP contribution in [0.4, 0.5) is 0 Å². The second kappa shape index (κ2) is 6.76. The molecule has 1 atom stereocenters. The van der Waals surface area contributed by atoms with Crippen molar-refractivity contribution in [2.45, 2.75) is 13.0 Å². The van der Waals surface area contributed by atoms with Gasteiger partial charge in [-0.15, -0.1) is 0 Å². The van der Waals surface area contributed by atoms with E-state index in [1.54, 1.807) is 0 Å².